The fraction of sp³-hybridized carbons (Fsp3) is 0.571. The van der Waals surface area contributed by atoms with Gasteiger partial charge in [-0.1, -0.05) is 5.16 Å². The van der Waals surface area contributed by atoms with Gasteiger partial charge in [-0.05, 0) is 6.07 Å². The lowest BCUT2D eigenvalue weighted by Gasteiger charge is -2.43. The number of aryl methyl sites for hydroxylation is 1. The third kappa shape index (κ3) is 2.86. The van der Waals surface area contributed by atoms with Gasteiger partial charge in [-0.3, -0.25) is 4.90 Å². The molecule has 2 aromatic heterocycles. The van der Waals surface area contributed by atoms with Crippen LogP contribution in [0.15, 0.2) is 23.0 Å². The molecule has 0 unspecified atom stereocenters. The highest BCUT2D eigenvalue weighted by Gasteiger charge is 2.47. The Labute approximate surface area is 139 Å². The Balaban J connectivity index is 1.60. The molecular weight excluding hydrogens is 332 g/mol. The Hall–Kier alpha value is -2.07. The summed E-state index contributed by atoms with van der Waals surface area (Å²) in [7, 11) is -3.09. The minimum absolute atomic E-state index is 0.119. The standard InChI is InChI=1S/C14H18N6O3S/c1-10-17-13(18-23-10)7-19-5-6-20(14-15-3-2-4-16-14)12-9-24(21,22)8-11(12)19/h2-4,11-12H,5-9H2,1H3/t11-,12+/m0/s1. The normalized spacial score (nSPS) is 26.5. The highest BCUT2D eigenvalue weighted by Crippen LogP contribution is 2.29. The van der Waals surface area contributed by atoms with Crippen molar-refractivity contribution in [3.8, 4) is 0 Å². The lowest BCUT2D eigenvalue weighted by atomic mass is 10.1. The van der Waals surface area contributed by atoms with Gasteiger partial charge in [0.1, 0.15) is 0 Å². The highest BCUT2D eigenvalue weighted by molar-refractivity contribution is 7.91. The van der Waals surface area contributed by atoms with E-state index in [1.54, 1.807) is 25.4 Å². The van der Waals surface area contributed by atoms with Gasteiger partial charge in [0.15, 0.2) is 15.7 Å². The fourth-order valence-electron chi connectivity index (χ4n) is 3.50. The van der Waals surface area contributed by atoms with Crippen molar-refractivity contribution in [3.05, 3.63) is 30.2 Å². The molecule has 0 spiro atoms. The number of sulfone groups is 1. The van der Waals surface area contributed by atoms with Crippen LogP contribution >= 0.6 is 0 Å². The molecule has 0 saturated carbocycles. The first-order chi connectivity index (χ1) is 11.5. The molecule has 10 heteroatoms. The van der Waals surface area contributed by atoms with E-state index in [2.05, 4.69) is 25.0 Å². The molecule has 2 saturated heterocycles. The molecule has 0 bridgehead atoms. The van der Waals surface area contributed by atoms with Crippen molar-refractivity contribution < 1.29 is 12.9 Å². The topological polar surface area (TPSA) is 105 Å². The third-order valence-electron chi connectivity index (χ3n) is 4.51. The van der Waals surface area contributed by atoms with Crippen molar-refractivity contribution in [3.63, 3.8) is 0 Å². The average Bonchev–Trinajstić information content (AvgIpc) is 3.10. The van der Waals surface area contributed by atoms with E-state index in [1.165, 1.54) is 0 Å². The quantitative estimate of drug-likeness (QED) is 0.734. The molecule has 24 heavy (non-hydrogen) atoms. The van der Waals surface area contributed by atoms with E-state index in [-0.39, 0.29) is 23.6 Å². The summed E-state index contributed by atoms with van der Waals surface area (Å²) in [6.45, 7) is 3.58. The number of rotatable bonds is 3. The first-order valence-electron chi connectivity index (χ1n) is 7.79. The van der Waals surface area contributed by atoms with Crippen LogP contribution < -0.4 is 4.90 Å². The summed E-state index contributed by atoms with van der Waals surface area (Å²) in [6.07, 6.45) is 3.35. The van der Waals surface area contributed by atoms with Gasteiger partial charge in [-0.2, -0.15) is 4.98 Å². The zero-order valence-corrected chi connectivity index (χ0v) is 14.1. The van der Waals surface area contributed by atoms with E-state index in [4.69, 9.17) is 4.52 Å². The summed E-state index contributed by atoms with van der Waals surface area (Å²) >= 11 is 0. The number of hydrogen-bond donors (Lipinski definition) is 0. The van der Waals surface area contributed by atoms with Crippen LogP contribution in [-0.2, 0) is 16.4 Å². The van der Waals surface area contributed by atoms with Gasteiger partial charge in [0.2, 0.25) is 11.8 Å². The zero-order valence-electron chi connectivity index (χ0n) is 13.2. The lowest BCUT2D eigenvalue weighted by molar-refractivity contribution is 0.154. The Kier molecular flexibility index (Phi) is 3.72. The van der Waals surface area contributed by atoms with Crippen LogP contribution in [0, 0.1) is 6.92 Å². The van der Waals surface area contributed by atoms with Gasteiger partial charge in [0.05, 0.1) is 24.1 Å². The van der Waals surface area contributed by atoms with Gasteiger partial charge in [-0.15, -0.1) is 0 Å². The van der Waals surface area contributed by atoms with Gasteiger partial charge in [-0.25, -0.2) is 18.4 Å². The van der Waals surface area contributed by atoms with E-state index in [0.29, 0.717) is 37.3 Å². The minimum Gasteiger partial charge on any atom is -0.340 e. The van der Waals surface area contributed by atoms with Crippen molar-refractivity contribution in [2.75, 3.05) is 29.5 Å². The van der Waals surface area contributed by atoms with Crippen LogP contribution in [-0.4, -0.2) is 70.1 Å². The van der Waals surface area contributed by atoms with E-state index < -0.39 is 9.84 Å². The first kappa shape index (κ1) is 15.5. The molecule has 2 aliphatic heterocycles. The van der Waals surface area contributed by atoms with E-state index in [0.717, 1.165) is 0 Å². The second-order valence-electron chi connectivity index (χ2n) is 6.15. The highest BCUT2D eigenvalue weighted by atomic mass is 32.2. The molecule has 128 valence electrons. The van der Waals surface area contributed by atoms with Crippen LogP contribution in [0.25, 0.3) is 0 Å². The lowest BCUT2D eigenvalue weighted by Crippen LogP contribution is -2.59. The first-order valence-corrected chi connectivity index (χ1v) is 9.61. The van der Waals surface area contributed by atoms with Crippen LogP contribution in [0.3, 0.4) is 0 Å². The zero-order chi connectivity index (χ0) is 16.7. The predicted octanol–water partition coefficient (Wildman–Crippen LogP) is -0.344. The van der Waals surface area contributed by atoms with Crippen molar-refractivity contribution in [1.82, 2.24) is 25.0 Å². The molecule has 0 amide bonds. The molecule has 4 rings (SSSR count). The number of nitrogens with zero attached hydrogens (tertiary/aromatic N) is 6. The molecule has 9 nitrogen and oxygen atoms in total. The van der Waals surface area contributed by atoms with E-state index >= 15 is 0 Å². The molecule has 0 N–H and O–H groups in total. The summed E-state index contributed by atoms with van der Waals surface area (Å²) < 4.78 is 29.5. The second-order valence-corrected chi connectivity index (χ2v) is 8.31. The minimum atomic E-state index is -3.09. The maximum absolute atomic E-state index is 12.2. The van der Waals surface area contributed by atoms with Crippen molar-refractivity contribution in [2.45, 2.75) is 25.6 Å². The van der Waals surface area contributed by atoms with Crippen LogP contribution in [0.4, 0.5) is 5.95 Å². The summed E-state index contributed by atoms with van der Waals surface area (Å²) in [5.41, 5.74) is 0. The number of aromatic nitrogens is 4. The molecule has 2 atom stereocenters. The molecular formula is C14H18N6O3S. The van der Waals surface area contributed by atoms with Crippen LogP contribution in [0.1, 0.15) is 11.7 Å². The molecule has 2 aliphatic rings. The Morgan fingerprint density at radius 3 is 2.67 bits per heavy atom. The van der Waals surface area contributed by atoms with Crippen LogP contribution in [0.5, 0.6) is 0 Å². The average molecular weight is 350 g/mol. The van der Waals surface area contributed by atoms with Crippen molar-refractivity contribution in [2.24, 2.45) is 0 Å². The third-order valence-corrected chi connectivity index (χ3v) is 6.21. The molecule has 0 aliphatic carbocycles. The number of piperazine rings is 1. The predicted molar refractivity (Wildman–Crippen MR) is 85.1 cm³/mol. The summed E-state index contributed by atoms with van der Waals surface area (Å²) in [5, 5.41) is 3.92. The number of hydrogen-bond acceptors (Lipinski definition) is 9. The number of anilines is 1. The van der Waals surface area contributed by atoms with Crippen LogP contribution in [0.2, 0.25) is 0 Å². The monoisotopic (exact) mass is 350 g/mol. The largest absolute Gasteiger partial charge is 0.340 e. The smallest absolute Gasteiger partial charge is 0.225 e. The number of fused-ring (bicyclic) bond motifs is 1. The maximum Gasteiger partial charge on any atom is 0.225 e. The SMILES string of the molecule is Cc1nc(CN2CCN(c3ncccn3)[C@@H]3CS(=O)(=O)C[C@@H]32)no1. The summed E-state index contributed by atoms with van der Waals surface area (Å²) in [5.74, 6) is 1.94. The summed E-state index contributed by atoms with van der Waals surface area (Å²) in [4.78, 5) is 16.9. The van der Waals surface area contributed by atoms with Gasteiger partial charge >= 0.3 is 0 Å². The van der Waals surface area contributed by atoms with E-state index in [1.807, 2.05) is 4.90 Å². The molecule has 2 aromatic rings. The van der Waals surface area contributed by atoms with Gasteiger partial charge in [0.25, 0.3) is 0 Å². The Morgan fingerprint density at radius 1 is 1.21 bits per heavy atom. The van der Waals surface area contributed by atoms with Gasteiger partial charge in [0, 0.05) is 38.4 Å². The second kappa shape index (κ2) is 5.78. The van der Waals surface area contributed by atoms with Gasteiger partial charge < -0.3 is 9.42 Å². The van der Waals surface area contributed by atoms with Crippen molar-refractivity contribution in [1.29, 1.82) is 0 Å². The molecule has 0 aromatic carbocycles. The van der Waals surface area contributed by atoms with E-state index in [9.17, 15) is 8.42 Å². The summed E-state index contributed by atoms with van der Waals surface area (Å²) in [6, 6.07) is 1.48. The van der Waals surface area contributed by atoms with Crippen molar-refractivity contribution >= 4 is 15.8 Å². The Bertz CT molecular complexity index is 824. The molecule has 0 radical (unpaired) electrons. The molecule has 4 heterocycles. The maximum atomic E-state index is 12.2. The fourth-order valence-corrected chi connectivity index (χ4v) is 5.51. The molecule has 2 fully saturated rings. The Morgan fingerprint density at radius 2 is 1.96 bits per heavy atom.